The van der Waals surface area contributed by atoms with E-state index in [2.05, 4.69) is 15.0 Å². The fourth-order valence-corrected chi connectivity index (χ4v) is 2.62. The summed E-state index contributed by atoms with van der Waals surface area (Å²) in [5.41, 5.74) is 1.54. The Bertz CT molecular complexity index is 736. The van der Waals surface area contributed by atoms with Gasteiger partial charge < -0.3 is 4.74 Å². The molecule has 0 fully saturated rings. The molecule has 126 valence electrons. The van der Waals surface area contributed by atoms with Crippen LogP contribution in [0, 0.1) is 11.3 Å². The molecule has 2 rings (SSSR count). The summed E-state index contributed by atoms with van der Waals surface area (Å²) in [6.07, 6.45) is -2.31. The largest absolute Gasteiger partial charge is 0.411 e. The predicted octanol–water partition coefficient (Wildman–Crippen LogP) is 3.12. The number of amides is 1. The lowest BCUT2D eigenvalue weighted by Gasteiger charge is -2.06. The minimum absolute atomic E-state index is 0.291. The van der Waals surface area contributed by atoms with Crippen molar-refractivity contribution in [3.8, 4) is 6.07 Å². The number of hydrogen-bond acceptors (Lipinski definition) is 5. The fraction of sp³-hybridized carbons (Fsp3) is 0.267. The number of halogens is 3. The van der Waals surface area contributed by atoms with Gasteiger partial charge in [-0.1, -0.05) is 12.1 Å². The molecule has 5 nitrogen and oxygen atoms in total. The number of alkyl halides is 3. The zero-order chi connectivity index (χ0) is 17.6. The first-order valence-electron chi connectivity index (χ1n) is 6.74. The number of rotatable bonds is 6. The van der Waals surface area contributed by atoms with Gasteiger partial charge in [-0.2, -0.15) is 18.4 Å². The number of aromatic nitrogens is 1. The molecular weight excluding hydrogens is 343 g/mol. The van der Waals surface area contributed by atoms with Crippen molar-refractivity contribution >= 4 is 22.4 Å². The van der Waals surface area contributed by atoms with E-state index in [-0.39, 0.29) is 0 Å². The molecule has 1 aromatic carbocycles. The number of ether oxygens (including phenoxy) is 1. The van der Waals surface area contributed by atoms with Gasteiger partial charge in [0.15, 0.2) is 5.13 Å². The summed E-state index contributed by atoms with van der Waals surface area (Å²) in [6, 6.07) is 9.08. The molecule has 0 saturated heterocycles. The lowest BCUT2D eigenvalue weighted by molar-refractivity contribution is -0.174. The van der Waals surface area contributed by atoms with Gasteiger partial charge in [0.1, 0.15) is 13.2 Å². The Labute approximate surface area is 139 Å². The Balaban J connectivity index is 1.84. The Hall–Kier alpha value is -2.44. The second kappa shape index (κ2) is 7.90. The molecule has 0 atom stereocenters. The van der Waals surface area contributed by atoms with Crippen molar-refractivity contribution in [2.45, 2.75) is 12.6 Å². The number of hydrogen-bond donors (Lipinski definition) is 1. The lowest BCUT2D eigenvalue weighted by atomic mass is 10.1. The van der Waals surface area contributed by atoms with Crippen LogP contribution in [0.1, 0.15) is 16.0 Å². The minimum atomic E-state index is -4.46. The highest BCUT2D eigenvalue weighted by Crippen LogP contribution is 2.21. The summed E-state index contributed by atoms with van der Waals surface area (Å²) in [4.78, 5) is 16.3. The smallest absolute Gasteiger partial charge is 0.362 e. The molecule has 0 aliphatic rings. The van der Waals surface area contributed by atoms with Crippen molar-refractivity contribution in [2.24, 2.45) is 0 Å². The van der Waals surface area contributed by atoms with E-state index >= 15 is 0 Å². The summed E-state index contributed by atoms with van der Waals surface area (Å²) >= 11 is 1.22. The van der Waals surface area contributed by atoms with Gasteiger partial charge in [-0.05, 0) is 17.7 Å². The molecular formula is C15H12F3N3O2S. The Morgan fingerprint density at radius 2 is 2.04 bits per heavy atom. The number of nitrogens with one attached hydrogen (secondary N) is 1. The molecule has 0 aliphatic heterocycles. The number of benzene rings is 1. The van der Waals surface area contributed by atoms with Crippen LogP contribution in [0.5, 0.6) is 0 Å². The maximum absolute atomic E-state index is 11.9. The van der Waals surface area contributed by atoms with E-state index < -0.39 is 25.3 Å². The molecule has 1 amide bonds. The highest BCUT2D eigenvalue weighted by Gasteiger charge is 2.27. The molecule has 24 heavy (non-hydrogen) atoms. The van der Waals surface area contributed by atoms with Crippen LogP contribution >= 0.6 is 11.3 Å². The van der Waals surface area contributed by atoms with E-state index in [0.717, 1.165) is 10.4 Å². The van der Waals surface area contributed by atoms with Crippen LogP contribution in [0.25, 0.3) is 0 Å². The summed E-state index contributed by atoms with van der Waals surface area (Å²) in [5.74, 6) is -0.696. The molecule has 0 bridgehead atoms. The van der Waals surface area contributed by atoms with Crippen LogP contribution in [-0.2, 0) is 16.0 Å². The normalized spacial score (nSPS) is 11.1. The van der Waals surface area contributed by atoms with Crippen LogP contribution in [-0.4, -0.2) is 30.3 Å². The first-order chi connectivity index (χ1) is 11.4. The number of nitriles is 1. The van der Waals surface area contributed by atoms with Crippen molar-refractivity contribution in [3.63, 3.8) is 0 Å². The number of carbonyl (C=O) groups excluding carboxylic acids is 1. The summed E-state index contributed by atoms with van der Waals surface area (Å²) in [5, 5.41) is 11.4. The molecule has 9 heteroatoms. The molecule has 0 unspecified atom stereocenters. The third-order valence-electron chi connectivity index (χ3n) is 2.76. The minimum Gasteiger partial charge on any atom is -0.362 e. The highest BCUT2D eigenvalue weighted by atomic mass is 32.1. The van der Waals surface area contributed by atoms with Crippen LogP contribution in [0.15, 0.2) is 30.5 Å². The molecule has 0 aliphatic carbocycles. The third kappa shape index (κ3) is 5.98. The molecule has 0 saturated carbocycles. The molecule has 1 heterocycles. The van der Waals surface area contributed by atoms with Crippen molar-refractivity contribution in [1.29, 1.82) is 5.26 Å². The van der Waals surface area contributed by atoms with Crippen LogP contribution in [0.4, 0.5) is 18.3 Å². The van der Waals surface area contributed by atoms with E-state index in [1.165, 1.54) is 11.3 Å². The average molecular weight is 355 g/mol. The van der Waals surface area contributed by atoms with Gasteiger partial charge in [-0.3, -0.25) is 10.1 Å². The highest BCUT2D eigenvalue weighted by molar-refractivity contribution is 7.15. The molecule has 2 aromatic rings. The number of anilines is 1. The third-order valence-corrected chi connectivity index (χ3v) is 3.67. The van der Waals surface area contributed by atoms with Gasteiger partial charge >= 0.3 is 6.18 Å². The number of nitrogens with zero attached hydrogens (tertiary/aromatic N) is 2. The Kier molecular flexibility index (Phi) is 5.89. The zero-order valence-corrected chi connectivity index (χ0v) is 13.1. The average Bonchev–Trinajstić information content (AvgIpc) is 2.93. The zero-order valence-electron chi connectivity index (χ0n) is 12.3. The SMILES string of the molecule is N#Cc1ccc(Cc2cnc(NC(=O)COCC(F)(F)F)s2)cc1. The summed E-state index contributed by atoms with van der Waals surface area (Å²) in [6.45, 7) is -2.16. The van der Waals surface area contributed by atoms with Crippen molar-refractivity contribution in [2.75, 3.05) is 18.5 Å². The first kappa shape index (κ1) is 17.9. The van der Waals surface area contributed by atoms with Gasteiger partial charge in [0.05, 0.1) is 11.6 Å². The Morgan fingerprint density at radius 3 is 2.67 bits per heavy atom. The maximum atomic E-state index is 11.9. The first-order valence-corrected chi connectivity index (χ1v) is 7.55. The molecule has 1 aromatic heterocycles. The van der Waals surface area contributed by atoms with Gasteiger partial charge in [0.25, 0.3) is 5.91 Å². The van der Waals surface area contributed by atoms with Gasteiger partial charge in [-0.25, -0.2) is 4.98 Å². The molecule has 0 spiro atoms. The quantitative estimate of drug-likeness (QED) is 0.864. The van der Waals surface area contributed by atoms with E-state index in [1.54, 1.807) is 18.3 Å². The van der Waals surface area contributed by atoms with Crippen LogP contribution in [0.2, 0.25) is 0 Å². The Morgan fingerprint density at radius 1 is 1.33 bits per heavy atom. The van der Waals surface area contributed by atoms with Gasteiger partial charge in [0.2, 0.25) is 0 Å². The summed E-state index contributed by atoms with van der Waals surface area (Å²) < 4.78 is 40.0. The van der Waals surface area contributed by atoms with Gasteiger partial charge in [0, 0.05) is 17.5 Å². The van der Waals surface area contributed by atoms with Crippen molar-refractivity contribution < 1.29 is 22.7 Å². The van der Waals surface area contributed by atoms with Crippen molar-refractivity contribution in [3.05, 3.63) is 46.5 Å². The topological polar surface area (TPSA) is 75.0 Å². The standard InChI is InChI=1S/C15H12F3N3O2S/c16-15(17,18)9-23-8-13(22)21-14-20-7-12(24-14)5-10-1-3-11(6-19)4-2-10/h1-4,7H,5,8-9H2,(H,20,21,22). The number of carbonyl (C=O) groups is 1. The molecule has 0 radical (unpaired) electrons. The summed E-state index contributed by atoms with van der Waals surface area (Å²) in [7, 11) is 0. The van der Waals surface area contributed by atoms with E-state index in [9.17, 15) is 18.0 Å². The molecule has 1 N–H and O–H groups in total. The van der Waals surface area contributed by atoms with E-state index in [4.69, 9.17) is 5.26 Å². The van der Waals surface area contributed by atoms with Crippen LogP contribution in [0.3, 0.4) is 0 Å². The van der Waals surface area contributed by atoms with Gasteiger partial charge in [-0.15, -0.1) is 11.3 Å². The lowest BCUT2D eigenvalue weighted by Crippen LogP contribution is -2.23. The second-order valence-electron chi connectivity index (χ2n) is 4.77. The monoisotopic (exact) mass is 355 g/mol. The predicted molar refractivity (Wildman–Crippen MR) is 81.6 cm³/mol. The fourth-order valence-electron chi connectivity index (χ4n) is 1.76. The van der Waals surface area contributed by atoms with Crippen LogP contribution < -0.4 is 5.32 Å². The van der Waals surface area contributed by atoms with E-state index in [1.807, 2.05) is 18.2 Å². The number of thiazole rings is 1. The van der Waals surface area contributed by atoms with E-state index in [0.29, 0.717) is 17.1 Å². The van der Waals surface area contributed by atoms with Crippen molar-refractivity contribution in [1.82, 2.24) is 4.98 Å². The maximum Gasteiger partial charge on any atom is 0.411 e. The second-order valence-corrected chi connectivity index (χ2v) is 5.89.